The molecule has 2 heterocycles. The van der Waals surface area contributed by atoms with Crippen LogP contribution in [-0.4, -0.2) is 27.9 Å². The Balaban J connectivity index is 1.98. The van der Waals surface area contributed by atoms with E-state index in [0.717, 1.165) is 37.2 Å². The number of nitrogens with one attached hydrogen (secondary N) is 1. The molecule has 14 heavy (non-hydrogen) atoms. The monoisotopic (exact) mass is 194 g/mol. The van der Waals surface area contributed by atoms with Crippen LogP contribution in [0.2, 0.25) is 0 Å². The van der Waals surface area contributed by atoms with Crippen LogP contribution in [-0.2, 0) is 6.54 Å². The second kappa shape index (κ2) is 4.09. The van der Waals surface area contributed by atoms with Crippen molar-refractivity contribution in [3.8, 4) is 0 Å². The van der Waals surface area contributed by atoms with Crippen LogP contribution in [0.5, 0.6) is 0 Å². The molecule has 4 heteroatoms. The fraction of sp³-hybridized carbons (Fsp3) is 0.800. The van der Waals surface area contributed by atoms with Crippen molar-refractivity contribution in [3.63, 3.8) is 0 Å². The summed E-state index contributed by atoms with van der Waals surface area (Å²) in [6.45, 7) is 7.32. The highest BCUT2D eigenvalue weighted by Crippen LogP contribution is 2.14. The van der Waals surface area contributed by atoms with E-state index in [0.29, 0.717) is 0 Å². The first-order valence-electron chi connectivity index (χ1n) is 5.34. The molecule has 0 atom stereocenters. The summed E-state index contributed by atoms with van der Waals surface area (Å²) < 4.78 is 2.05. The van der Waals surface area contributed by atoms with Gasteiger partial charge >= 0.3 is 0 Å². The maximum atomic E-state index is 4.39. The normalized spacial score (nSPS) is 18.7. The number of aromatic nitrogens is 3. The number of hydrogen-bond donors (Lipinski definition) is 1. The van der Waals surface area contributed by atoms with Crippen molar-refractivity contribution >= 4 is 0 Å². The molecule has 4 nitrogen and oxygen atoms in total. The van der Waals surface area contributed by atoms with Crippen LogP contribution in [0.3, 0.4) is 0 Å². The fourth-order valence-electron chi connectivity index (χ4n) is 2.04. The van der Waals surface area contributed by atoms with Gasteiger partial charge in [0.25, 0.3) is 0 Å². The molecule has 1 aliphatic heterocycles. The van der Waals surface area contributed by atoms with Crippen LogP contribution in [0.15, 0.2) is 0 Å². The summed E-state index contributed by atoms with van der Waals surface area (Å²) in [5.41, 5.74) is 0. The zero-order valence-electron chi connectivity index (χ0n) is 8.95. The molecule has 1 aromatic rings. The van der Waals surface area contributed by atoms with Gasteiger partial charge in [0.1, 0.15) is 11.6 Å². The highest BCUT2D eigenvalue weighted by molar-refractivity contribution is 4.88. The van der Waals surface area contributed by atoms with Gasteiger partial charge in [0.05, 0.1) is 0 Å². The number of aryl methyl sites for hydroxylation is 2. The number of hydrogen-bond acceptors (Lipinski definition) is 3. The summed E-state index contributed by atoms with van der Waals surface area (Å²) in [5, 5.41) is 7.76. The average Bonchev–Trinajstić information content (AvgIpc) is 2.47. The second-order valence-electron chi connectivity index (χ2n) is 4.08. The van der Waals surface area contributed by atoms with Gasteiger partial charge in [-0.2, -0.15) is 5.10 Å². The van der Waals surface area contributed by atoms with Gasteiger partial charge in [0, 0.05) is 6.54 Å². The summed E-state index contributed by atoms with van der Waals surface area (Å²) in [6, 6.07) is 0. The molecule has 0 aromatic carbocycles. The molecule has 78 valence electrons. The van der Waals surface area contributed by atoms with E-state index < -0.39 is 0 Å². The van der Waals surface area contributed by atoms with Crippen molar-refractivity contribution in [2.75, 3.05) is 13.1 Å². The summed E-state index contributed by atoms with van der Waals surface area (Å²) in [6.07, 6.45) is 2.52. The van der Waals surface area contributed by atoms with Crippen LogP contribution in [0.4, 0.5) is 0 Å². The minimum Gasteiger partial charge on any atom is -0.317 e. The smallest absolute Gasteiger partial charge is 0.147 e. The zero-order chi connectivity index (χ0) is 9.97. The zero-order valence-corrected chi connectivity index (χ0v) is 8.95. The van der Waals surface area contributed by atoms with Gasteiger partial charge in [-0.15, -0.1) is 0 Å². The molecular weight excluding hydrogens is 176 g/mol. The van der Waals surface area contributed by atoms with E-state index >= 15 is 0 Å². The minimum absolute atomic E-state index is 0.774. The molecule has 0 aliphatic carbocycles. The number of nitrogens with zero attached hydrogens (tertiary/aromatic N) is 3. The Labute approximate surface area is 84.7 Å². The van der Waals surface area contributed by atoms with Crippen molar-refractivity contribution in [3.05, 3.63) is 11.6 Å². The first-order valence-corrected chi connectivity index (χ1v) is 5.34. The number of rotatable bonds is 2. The Morgan fingerprint density at radius 3 is 2.64 bits per heavy atom. The molecule has 1 N–H and O–H groups in total. The van der Waals surface area contributed by atoms with Crippen molar-refractivity contribution in [2.24, 2.45) is 5.92 Å². The maximum Gasteiger partial charge on any atom is 0.147 e. The summed E-state index contributed by atoms with van der Waals surface area (Å²) in [5.74, 6) is 2.70. The Morgan fingerprint density at radius 1 is 1.36 bits per heavy atom. The van der Waals surface area contributed by atoms with Gasteiger partial charge in [-0.1, -0.05) is 0 Å². The van der Waals surface area contributed by atoms with Gasteiger partial charge < -0.3 is 5.32 Å². The third-order valence-electron chi connectivity index (χ3n) is 2.85. The Hall–Kier alpha value is -0.900. The van der Waals surface area contributed by atoms with Gasteiger partial charge in [-0.25, -0.2) is 9.67 Å². The standard InChI is InChI=1S/C10H18N4/c1-8-12-9(2)14(13-8)7-10-3-5-11-6-4-10/h10-11H,3-7H2,1-2H3. The Morgan fingerprint density at radius 2 is 2.07 bits per heavy atom. The third-order valence-corrected chi connectivity index (χ3v) is 2.85. The summed E-state index contributed by atoms with van der Waals surface area (Å²) >= 11 is 0. The Bertz CT molecular complexity index is 299. The van der Waals surface area contributed by atoms with Crippen LogP contribution >= 0.6 is 0 Å². The van der Waals surface area contributed by atoms with Crippen LogP contribution in [0.1, 0.15) is 24.5 Å². The molecule has 1 aromatic heterocycles. The van der Waals surface area contributed by atoms with Crippen molar-refractivity contribution in [1.29, 1.82) is 0 Å². The van der Waals surface area contributed by atoms with Crippen LogP contribution < -0.4 is 5.32 Å². The lowest BCUT2D eigenvalue weighted by molar-refractivity contribution is 0.318. The van der Waals surface area contributed by atoms with Gasteiger partial charge in [0.2, 0.25) is 0 Å². The lowest BCUT2D eigenvalue weighted by atomic mass is 9.98. The highest BCUT2D eigenvalue weighted by Gasteiger charge is 2.15. The second-order valence-corrected chi connectivity index (χ2v) is 4.08. The van der Waals surface area contributed by atoms with Crippen molar-refractivity contribution in [2.45, 2.75) is 33.2 Å². The Kier molecular flexibility index (Phi) is 2.82. The molecule has 1 aliphatic rings. The van der Waals surface area contributed by atoms with Crippen molar-refractivity contribution in [1.82, 2.24) is 20.1 Å². The molecule has 0 radical (unpaired) electrons. The highest BCUT2D eigenvalue weighted by atomic mass is 15.3. The van der Waals surface area contributed by atoms with E-state index in [1.807, 2.05) is 18.5 Å². The molecule has 0 unspecified atom stereocenters. The molecule has 0 bridgehead atoms. The molecule has 0 saturated carbocycles. The largest absolute Gasteiger partial charge is 0.317 e. The lowest BCUT2D eigenvalue weighted by Gasteiger charge is -2.22. The van der Waals surface area contributed by atoms with Crippen LogP contribution in [0.25, 0.3) is 0 Å². The van der Waals surface area contributed by atoms with E-state index in [1.54, 1.807) is 0 Å². The quantitative estimate of drug-likeness (QED) is 0.760. The summed E-state index contributed by atoms with van der Waals surface area (Å²) in [4.78, 5) is 4.31. The minimum atomic E-state index is 0.774. The van der Waals surface area contributed by atoms with Gasteiger partial charge in [-0.3, -0.25) is 0 Å². The molecular formula is C10H18N4. The molecule has 1 fully saturated rings. The van der Waals surface area contributed by atoms with E-state index in [-0.39, 0.29) is 0 Å². The van der Waals surface area contributed by atoms with Crippen LogP contribution in [0, 0.1) is 19.8 Å². The molecule has 2 rings (SSSR count). The topological polar surface area (TPSA) is 42.7 Å². The predicted octanol–water partition coefficient (Wildman–Crippen LogP) is 0.895. The number of piperidine rings is 1. The van der Waals surface area contributed by atoms with Gasteiger partial charge in [-0.05, 0) is 45.7 Å². The van der Waals surface area contributed by atoms with E-state index in [9.17, 15) is 0 Å². The van der Waals surface area contributed by atoms with E-state index in [1.165, 1.54) is 12.8 Å². The third kappa shape index (κ3) is 2.12. The molecule has 0 spiro atoms. The fourth-order valence-corrected chi connectivity index (χ4v) is 2.04. The molecule has 0 amide bonds. The average molecular weight is 194 g/mol. The van der Waals surface area contributed by atoms with Crippen molar-refractivity contribution < 1.29 is 0 Å². The lowest BCUT2D eigenvalue weighted by Crippen LogP contribution is -2.30. The SMILES string of the molecule is Cc1nc(C)n(CC2CCNCC2)n1. The van der Waals surface area contributed by atoms with E-state index in [4.69, 9.17) is 0 Å². The summed E-state index contributed by atoms with van der Waals surface area (Å²) in [7, 11) is 0. The molecule has 1 saturated heterocycles. The van der Waals surface area contributed by atoms with Gasteiger partial charge in [0.15, 0.2) is 0 Å². The first kappa shape index (κ1) is 9.65. The first-order chi connectivity index (χ1) is 6.75. The van der Waals surface area contributed by atoms with E-state index in [2.05, 4.69) is 15.4 Å². The maximum absolute atomic E-state index is 4.39. The predicted molar refractivity (Wildman–Crippen MR) is 55.1 cm³/mol.